The third kappa shape index (κ3) is 6.65. The molecule has 2 aromatic rings. The summed E-state index contributed by atoms with van der Waals surface area (Å²) in [6, 6.07) is 12.0. The number of amides is 2. The second kappa shape index (κ2) is 11.1. The van der Waals surface area contributed by atoms with Gasteiger partial charge in [0, 0.05) is 13.1 Å². The third-order valence-electron chi connectivity index (χ3n) is 4.43. The first-order chi connectivity index (χ1) is 13.8. The highest BCUT2D eigenvalue weighted by Crippen LogP contribution is 2.24. The fraction of sp³-hybridized carbons (Fsp3) is 0.364. The van der Waals surface area contributed by atoms with Gasteiger partial charge in [0.1, 0.15) is 11.8 Å². The Labute approximate surface area is 181 Å². The van der Waals surface area contributed by atoms with Gasteiger partial charge in [0.05, 0.1) is 10.0 Å². The molecule has 7 heteroatoms. The number of rotatable bonds is 9. The second-order valence-electron chi connectivity index (χ2n) is 6.69. The van der Waals surface area contributed by atoms with Crippen LogP contribution >= 0.6 is 23.2 Å². The summed E-state index contributed by atoms with van der Waals surface area (Å²) < 4.78 is 5.67. The van der Waals surface area contributed by atoms with Crippen LogP contribution in [0.1, 0.15) is 31.4 Å². The van der Waals surface area contributed by atoms with Crippen LogP contribution in [0.5, 0.6) is 5.75 Å². The average Bonchev–Trinajstić information content (AvgIpc) is 2.69. The van der Waals surface area contributed by atoms with Crippen molar-refractivity contribution < 1.29 is 14.3 Å². The first-order valence-corrected chi connectivity index (χ1v) is 10.3. The lowest BCUT2D eigenvalue weighted by Crippen LogP contribution is -2.50. The highest BCUT2D eigenvalue weighted by Gasteiger charge is 2.28. The molecule has 156 valence electrons. The summed E-state index contributed by atoms with van der Waals surface area (Å²) in [6.45, 7) is 6.22. The molecular weight excluding hydrogens is 411 g/mol. The van der Waals surface area contributed by atoms with Crippen molar-refractivity contribution in [1.29, 1.82) is 0 Å². The average molecular weight is 437 g/mol. The van der Waals surface area contributed by atoms with Gasteiger partial charge in [0.25, 0.3) is 5.91 Å². The number of carbonyl (C=O) groups is 2. The minimum Gasteiger partial charge on any atom is -0.484 e. The van der Waals surface area contributed by atoms with Crippen molar-refractivity contribution in [2.24, 2.45) is 0 Å². The fourth-order valence-electron chi connectivity index (χ4n) is 2.98. The Balaban J connectivity index is 2.22. The Morgan fingerprint density at radius 2 is 1.86 bits per heavy atom. The first kappa shape index (κ1) is 23.0. The molecule has 0 heterocycles. The molecule has 0 bridgehead atoms. The van der Waals surface area contributed by atoms with Crippen LogP contribution in [0.2, 0.25) is 10.0 Å². The van der Waals surface area contributed by atoms with E-state index in [0.29, 0.717) is 28.8 Å². The maximum atomic E-state index is 13.0. The number of hydrogen-bond donors (Lipinski definition) is 1. The van der Waals surface area contributed by atoms with E-state index >= 15 is 0 Å². The SMILES string of the molecule is CCNC(=O)[C@H](CC)N(Cc1ccc(Cl)c(Cl)c1)C(=O)COc1cccc(C)c1. The second-order valence-corrected chi connectivity index (χ2v) is 7.51. The Kier molecular flexibility index (Phi) is 8.80. The van der Waals surface area contributed by atoms with Crippen molar-refractivity contribution in [2.45, 2.75) is 39.8 Å². The smallest absolute Gasteiger partial charge is 0.261 e. The van der Waals surface area contributed by atoms with Crippen LogP contribution in [-0.2, 0) is 16.1 Å². The minimum absolute atomic E-state index is 0.166. The standard InChI is InChI=1S/C22H26Cl2N2O3/c1-4-20(22(28)25-5-2)26(13-16-9-10-18(23)19(24)12-16)21(27)14-29-17-8-6-7-15(3)11-17/h6-12,20H,4-5,13-14H2,1-3H3,(H,25,28)/t20-/m0/s1. The Bertz CT molecular complexity index is 858. The Morgan fingerprint density at radius 3 is 2.48 bits per heavy atom. The summed E-state index contributed by atoms with van der Waals surface area (Å²) in [4.78, 5) is 27.1. The first-order valence-electron chi connectivity index (χ1n) is 9.56. The molecule has 0 aliphatic rings. The monoisotopic (exact) mass is 436 g/mol. The molecule has 2 amide bonds. The quantitative estimate of drug-likeness (QED) is 0.623. The van der Waals surface area contributed by atoms with E-state index in [2.05, 4.69) is 5.32 Å². The molecule has 0 fully saturated rings. The molecule has 0 unspecified atom stereocenters. The number of ether oxygens (including phenoxy) is 1. The largest absolute Gasteiger partial charge is 0.484 e. The van der Waals surface area contributed by atoms with Crippen LogP contribution in [0, 0.1) is 6.92 Å². The predicted octanol–water partition coefficient (Wildman–Crippen LogP) is 4.62. The van der Waals surface area contributed by atoms with Crippen molar-refractivity contribution in [3.63, 3.8) is 0 Å². The lowest BCUT2D eigenvalue weighted by Gasteiger charge is -2.30. The van der Waals surface area contributed by atoms with Gasteiger partial charge in [-0.25, -0.2) is 0 Å². The highest BCUT2D eigenvalue weighted by atomic mass is 35.5. The van der Waals surface area contributed by atoms with E-state index in [9.17, 15) is 9.59 Å². The topological polar surface area (TPSA) is 58.6 Å². The van der Waals surface area contributed by atoms with Gasteiger partial charge in [-0.1, -0.05) is 48.3 Å². The van der Waals surface area contributed by atoms with Gasteiger partial charge in [-0.3, -0.25) is 9.59 Å². The van der Waals surface area contributed by atoms with E-state index < -0.39 is 6.04 Å². The minimum atomic E-state index is -0.613. The summed E-state index contributed by atoms with van der Waals surface area (Å²) in [5.74, 6) is 0.133. The molecule has 1 N–H and O–H groups in total. The van der Waals surface area contributed by atoms with Crippen molar-refractivity contribution in [3.8, 4) is 5.75 Å². The zero-order valence-corrected chi connectivity index (χ0v) is 18.4. The molecule has 2 rings (SSSR count). The van der Waals surface area contributed by atoms with Crippen LogP contribution in [0.4, 0.5) is 0 Å². The number of likely N-dealkylation sites (N-methyl/N-ethyl adjacent to an activating group) is 1. The Hall–Kier alpha value is -2.24. The number of carbonyl (C=O) groups excluding carboxylic acids is 2. The van der Waals surface area contributed by atoms with E-state index in [4.69, 9.17) is 27.9 Å². The molecule has 0 spiro atoms. The molecular formula is C22H26Cl2N2O3. The molecule has 0 saturated carbocycles. The van der Waals surface area contributed by atoms with Gasteiger partial charge in [-0.05, 0) is 55.7 Å². The molecule has 2 aromatic carbocycles. The van der Waals surface area contributed by atoms with Crippen molar-refractivity contribution >= 4 is 35.0 Å². The van der Waals surface area contributed by atoms with Crippen molar-refractivity contribution in [3.05, 3.63) is 63.6 Å². The Morgan fingerprint density at radius 1 is 1.10 bits per heavy atom. The number of nitrogens with one attached hydrogen (secondary N) is 1. The molecule has 0 aliphatic carbocycles. The number of benzene rings is 2. The highest BCUT2D eigenvalue weighted by molar-refractivity contribution is 6.42. The van der Waals surface area contributed by atoms with E-state index in [-0.39, 0.29) is 25.0 Å². The van der Waals surface area contributed by atoms with Gasteiger partial charge in [0.15, 0.2) is 6.61 Å². The molecule has 0 aliphatic heterocycles. The van der Waals surface area contributed by atoms with E-state index in [0.717, 1.165) is 11.1 Å². The number of hydrogen-bond acceptors (Lipinski definition) is 3. The maximum Gasteiger partial charge on any atom is 0.261 e. The normalized spacial score (nSPS) is 11.6. The molecule has 0 saturated heterocycles. The van der Waals surface area contributed by atoms with E-state index in [1.165, 1.54) is 4.90 Å². The van der Waals surface area contributed by atoms with Crippen molar-refractivity contribution in [1.82, 2.24) is 10.2 Å². The lowest BCUT2D eigenvalue weighted by atomic mass is 10.1. The molecule has 1 atom stereocenters. The van der Waals surface area contributed by atoms with Crippen LogP contribution < -0.4 is 10.1 Å². The van der Waals surface area contributed by atoms with Crippen LogP contribution in [0.15, 0.2) is 42.5 Å². The predicted molar refractivity (Wildman–Crippen MR) is 116 cm³/mol. The van der Waals surface area contributed by atoms with Crippen LogP contribution in [-0.4, -0.2) is 35.9 Å². The summed E-state index contributed by atoms with van der Waals surface area (Å²) in [5, 5.41) is 3.64. The molecule has 0 radical (unpaired) electrons. The molecule has 5 nitrogen and oxygen atoms in total. The maximum absolute atomic E-state index is 13.0. The zero-order chi connectivity index (χ0) is 21.4. The molecule has 0 aromatic heterocycles. The molecule has 29 heavy (non-hydrogen) atoms. The van der Waals surface area contributed by atoms with Gasteiger partial charge >= 0.3 is 0 Å². The number of halogens is 2. The summed E-state index contributed by atoms with van der Waals surface area (Å²) in [6.07, 6.45) is 0.476. The van der Waals surface area contributed by atoms with Crippen LogP contribution in [0.3, 0.4) is 0 Å². The lowest BCUT2D eigenvalue weighted by molar-refractivity contribution is -0.142. The van der Waals surface area contributed by atoms with Gasteiger partial charge < -0.3 is 15.0 Å². The third-order valence-corrected chi connectivity index (χ3v) is 5.16. The van der Waals surface area contributed by atoms with E-state index in [1.54, 1.807) is 24.3 Å². The van der Waals surface area contributed by atoms with E-state index in [1.807, 2.05) is 39.0 Å². The van der Waals surface area contributed by atoms with Crippen molar-refractivity contribution in [2.75, 3.05) is 13.2 Å². The van der Waals surface area contributed by atoms with Gasteiger partial charge in [-0.15, -0.1) is 0 Å². The van der Waals surface area contributed by atoms with Gasteiger partial charge in [0.2, 0.25) is 5.91 Å². The number of aryl methyl sites for hydroxylation is 1. The summed E-state index contributed by atoms with van der Waals surface area (Å²) in [5.41, 5.74) is 1.82. The summed E-state index contributed by atoms with van der Waals surface area (Å²) >= 11 is 12.1. The fourth-order valence-corrected chi connectivity index (χ4v) is 3.30. The number of nitrogens with zero attached hydrogens (tertiary/aromatic N) is 1. The zero-order valence-electron chi connectivity index (χ0n) is 16.9. The van der Waals surface area contributed by atoms with Gasteiger partial charge in [-0.2, -0.15) is 0 Å². The summed E-state index contributed by atoms with van der Waals surface area (Å²) in [7, 11) is 0. The van der Waals surface area contributed by atoms with Crippen LogP contribution in [0.25, 0.3) is 0 Å².